The molecule has 0 saturated heterocycles. The summed E-state index contributed by atoms with van der Waals surface area (Å²) < 4.78 is 2.13. The number of nitrogens with zero attached hydrogens (tertiary/aromatic N) is 2. The van der Waals surface area contributed by atoms with E-state index < -0.39 is 5.97 Å². The van der Waals surface area contributed by atoms with Crippen LogP contribution in [-0.4, -0.2) is 38.5 Å². The predicted molar refractivity (Wildman–Crippen MR) is 142 cm³/mol. The van der Waals surface area contributed by atoms with Gasteiger partial charge in [-0.2, -0.15) is 0 Å². The van der Waals surface area contributed by atoms with Gasteiger partial charge in [0.15, 0.2) is 0 Å². The first-order chi connectivity index (χ1) is 17.6. The maximum atomic E-state index is 13.3. The molecule has 0 bridgehead atoms. The van der Waals surface area contributed by atoms with Gasteiger partial charge in [-0.25, -0.2) is 4.98 Å². The number of aromatic nitrogens is 2. The van der Waals surface area contributed by atoms with Crippen LogP contribution in [0.5, 0.6) is 0 Å². The van der Waals surface area contributed by atoms with E-state index in [1.165, 1.54) is 70.6 Å². The number of carbonyl (C=O) groups is 2. The summed E-state index contributed by atoms with van der Waals surface area (Å²) in [4.78, 5) is 29.9. The molecule has 3 N–H and O–H groups in total. The summed E-state index contributed by atoms with van der Waals surface area (Å²) in [5.41, 5.74) is 2.51. The molecule has 196 valence electrons. The third kappa shape index (κ3) is 5.87. The normalized spacial score (nSPS) is 21.3. The van der Waals surface area contributed by atoms with Crippen molar-refractivity contribution >= 4 is 23.3 Å². The molecule has 0 aromatic carbocycles. The maximum Gasteiger partial charge on any atom is 0.305 e. The van der Waals surface area contributed by atoms with Gasteiger partial charge in [-0.1, -0.05) is 57.8 Å². The summed E-state index contributed by atoms with van der Waals surface area (Å²) in [7, 11) is 0. The van der Waals surface area contributed by atoms with Crippen molar-refractivity contribution in [3.63, 3.8) is 0 Å². The number of hydrogen-bond donors (Lipinski definition) is 3. The minimum atomic E-state index is -0.856. The Morgan fingerprint density at radius 1 is 0.944 bits per heavy atom. The topological polar surface area (TPSA) is 95.7 Å². The lowest BCUT2D eigenvalue weighted by molar-refractivity contribution is -0.137. The van der Waals surface area contributed by atoms with Crippen LogP contribution in [0, 0.1) is 5.92 Å². The molecule has 2 aromatic heterocycles. The molecule has 1 amide bonds. The molecule has 2 aromatic rings. The SMILES string of the molecule is O=C(O)CC(NC(=O)c1ccn2c(NC3CCCCC3)c(C3CCCCC3)nc2c1)C1CCCCC1. The number of carboxylic acid groups (broad SMARTS) is 1. The van der Waals surface area contributed by atoms with E-state index in [9.17, 15) is 14.7 Å². The lowest BCUT2D eigenvalue weighted by Gasteiger charge is -2.30. The van der Waals surface area contributed by atoms with Gasteiger partial charge >= 0.3 is 5.97 Å². The van der Waals surface area contributed by atoms with Crippen LogP contribution in [0.1, 0.15) is 125 Å². The van der Waals surface area contributed by atoms with Gasteiger partial charge < -0.3 is 15.7 Å². The van der Waals surface area contributed by atoms with Gasteiger partial charge in [0.05, 0.1) is 12.1 Å². The number of imidazole rings is 1. The van der Waals surface area contributed by atoms with Crippen molar-refractivity contribution in [3.8, 4) is 0 Å². The molecule has 0 aliphatic heterocycles. The minimum Gasteiger partial charge on any atom is -0.481 e. The van der Waals surface area contributed by atoms with Gasteiger partial charge in [-0.15, -0.1) is 0 Å². The summed E-state index contributed by atoms with van der Waals surface area (Å²) in [6, 6.07) is 3.90. The average Bonchev–Trinajstić information content (AvgIpc) is 3.27. The molecule has 1 atom stereocenters. The Kier molecular flexibility index (Phi) is 8.12. The first kappa shape index (κ1) is 25.1. The third-order valence-electron chi connectivity index (χ3n) is 8.78. The Bertz CT molecular complexity index is 1050. The summed E-state index contributed by atoms with van der Waals surface area (Å²) in [5.74, 6) is 0.761. The first-order valence-electron chi connectivity index (χ1n) is 14.4. The number of aliphatic carboxylic acids is 1. The number of fused-ring (bicyclic) bond motifs is 1. The zero-order chi connectivity index (χ0) is 24.9. The Balaban J connectivity index is 1.40. The number of rotatable bonds is 8. The van der Waals surface area contributed by atoms with E-state index in [1.54, 1.807) is 0 Å². The monoisotopic (exact) mass is 494 g/mol. The fourth-order valence-corrected chi connectivity index (χ4v) is 6.76. The molecule has 7 heteroatoms. The lowest BCUT2D eigenvalue weighted by atomic mass is 9.82. The van der Waals surface area contributed by atoms with Crippen molar-refractivity contribution in [1.29, 1.82) is 0 Å². The minimum absolute atomic E-state index is 0.0245. The van der Waals surface area contributed by atoms with Gasteiger partial charge in [-0.05, 0) is 56.6 Å². The highest BCUT2D eigenvalue weighted by Crippen LogP contribution is 2.37. The largest absolute Gasteiger partial charge is 0.481 e. The highest BCUT2D eigenvalue weighted by Gasteiger charge is 2.29. The van der Waals surface area contributed by atoms with E-state index in [-0.39, 0.29) is 24.3 Å². The van der Waals surface area contributed by atoms with E-state index in [2.05, 4.69) is 15.0 Å². The van der Waals surface area contributed by atoms with Gasteiger partial charge in [0.1, 0.15) is 11.5 Å². The van der Waals surface area contributed by atoms with Crippen LogP contribution in [0.4, 0.5) is 5.82 Å². The fourth-order valence-electron chi connectivity index (χ4n) is 6.76. The zero-order valence-corrected chi connectivity index (χ0v) is 21.5. The van der Waals surface area contributed by atoms with E-state index in [0.717, 1.165) is 42.8 Å². The Morgan fingerprint density at radius 2 is 1.58 bits per heavy atom. The van der Waals surface area contributed by atoms with Gasteiger partial charge in [0.25, 0.3) is 5.91 Å². The molecule has 5 rings (SSSR count). The number of carbonyl (C=O) groups excluding carboxylic acids is 1. The maximum absolute atomic E-state index is 13.3. The number of hydrogen-bond acceptors (Lipinski definition) is 4. The zero-order valence-electron chi connectivity index (χ0n) is 21.5. The molecule has 2 heterocycles. The molecule has 0 radical (unpaired) electrons. The lowest BCUT2D eigenvalue weighted by Crippen LogP contribution is -2.42. The van der Waals surface area contributed by atoms with Crippen molar-refractivity contribution in [3.05, 3.63) is 29.6 Å². The second-order valence-electron chi connectivity index (χ2n) is 11.4. The van der Waals surface area contributed by atoms with Crippen LogP contribution in [0.3, 0.4) is 0 Å². The summed E-state index contributed by atoms with van der Waals surface area (Å²) in [6.45, 7) is 0. The van der Waals surface area contributed by atoms with E-state index in [1.807, 2.05) is 18.3 Å². The quantitative estimate of drug-likeness (QED) is 0.401. The molecule has 7 nitrogen and oxygen atoms in total. The number of nitrogens with one attached hydrogen (secondary N) is 2. The summed E-state index contributed by atoms with van der Waals surface area (Å²) >= 11 is 0. The van der Waals surface area contributed by atoms with Crippen LogP contribution >= 0.6 is 0 Å². The van der Waals surface area contributed by atoms with Crippen LogP contribution in [-0.2, 0) is 4.79 Å². The molecular weight excluding hydrogens is 452 g/mol. The Labute approximate surface area is 214 Å². The Morgan fingerprint density at radius 3 is 2.25 bits per heavy atom. The molecular formula is C29H42N4O3. The smallest absolute Gasteiger partial charge is 0.305 e. The fraction of sp³-hybridized carbons (Fsp3) is 0.690. The first-order valence-corrected chi connectivity index (χ1v) is 14.4. The van der Waals surface area contributed by atoms with Crippen LogP contribution < -0.4 is 10.6 Å². The van der Waals surface area contributed by atoms with E-state index in [4.69, 9.17) is 4.98 Å². The number of amides is 1. The van der Waals surface area contributed by atoms with Crippen LogP contribution in [0.25, 0.3) is 5.65 Å². The highest BCUT2D eigenvalue weighted by atomic mass is 16.4. The third-order valence-corrected chi connectivity index (χ3v) is 8.78. The van der Waals surface area contributed by atoms with Gasteiger partial charge in [0, 0.05) is 29.8 Å². The highest BCUT2D eigenvalue weighted by molar-refractivity contribution is 5.95. The van der Waals surface area contributed by atoms with Crippen LogP contribution in [0.2, 0.25) is 0 Å². The van der Waals surface area contributed by atoms with Gasteiger partial charge in [0.2, 0.25) is 0 Å². The molecule has 1 unspecified atom stereocenters. The summed E-state index contributed by atoms with van der Waals surface area (Å²) in [6.07, 6.45) is 19.8. The van der Waals surface area contributed by atoms with Crippen molar-refractivity contribution < 1.29 is 14.7 Å². The molecule has 3 aliphatic carbocycles. The van der Waals surface area contributed by atoms with Gasteiger partial charge in [-0.3, -0.25) is 14.0 Å². The predicted octanol–water partition coefficient (Wildman–Crippen LogP) is 6.28. The van der Waals surface area contributed by atoms with Crippen LogP contribution in [0.15, 0.2) is 18.3 Å². The molecule has 3 aliphatic rings. The molecule has 36 heavy (non-hydrogen) atoms. The van der Waals surface area contributed by atoms with Crippen molar-refractivity contribution in [2.24, 2.45) is 5.92 Å². The number of pyridine rings is 1. The van der Waals surface area contributed by atoms with E-state index >= 15 is 0 Å². The second kappa shape index (κ2) is 11.7. The van der Waals surface area contributed by atoms with E-state index in [0.29, 0.717) is 17.5 Å². The number of carboxylic acids is 1. The Hall–Kier alpha value is -2.57. The standard InChI is InChI=1S/C29H42N4O3/c34-26(35)19-24(20-10-4-1-5-11-20)31-29(36)22-16-17-33-25(18-22)32-27(21-12-6-2-7-13-21)28(33)30-23-14-8-3-9-15-23/h16-18,20-21,23-24,30H,1-15,19H2,(H,31,36)(H,34,35). The van der Waals surface area contributed by atoms with Crippen molar-refractivity contribution in [1.82, 2.24) is 14.7 Å². The summed E-state index contributed by atoms with van der Waals surface area (Å²) in [5, 5.41) is 16.4. The second-order valence-corrected chi connectivity index (χ2v) is 11.4. The van der Waals surface area contributed by atoms with Crippen molar-refractivity contribution in [2.45, 2.75) is 121 Å². The molecule has 0 spiro atoms. The molecule has 3 fully saturated rings. The average molecular weight is 495 g/mol. The number of anilines is 1. The van der Waals surface area contributed by atoms with Crippen molar-refractivity contribution in [2.75, 3.05) is 5.32 Å². The molecule has 3 saturated carbocycles.